The minimum Gasteiger partial charge on any atom is -0.481 e. The first kappa shape index (κ1) is 17.1. The summed E-state index contributed by atoms with van der Waals surface area (Å²) < 4.78 is 14.5. The highest BCUT2D eigenvalue weighted by Gasteiger charge is 2.24. The zero-order valence-corrected chi connectivity index (χ0v) is 13.8. The molecule has 2 heterocycles. The average molecular weight is 345 g/mol. The van der Waals surface area contributed by atoms with Crippen molar-refractivity contribution in [1.29, 1.82) is 0 Å². The number of halogens is 1. The number of hydrogen-bond acceptors (Lipinski definition) is 3. The average Bonchev–Trinajstić information content (AvgIpc) is 2.96. The van der Waals surface area contributed by atoms with Crippen LogP contribution in [0.3, 0.4) is 0 Å². The quantitative estimate of drug-likeness (QED) is 0.924. The molecule has 0 aliphatic carbocycles. The predicted octanol–water partition coefficient (Wildman–Crippen LogP) is 2.73. The Morgan fingerprint density at radius 2 is 1.92 bits per heavy atom. The fourth-order valence-corrected chi connectivity index (χ4v) is 3.16. The highest BCUT2D eigenvalue weighted by atomic mass is 19.1. The van der Waals surface area contributed by atoms with E-state index in [1.54, 1.807) is 29.3 Å². The monoisotopic (exact) mass is 345 g/mol. The third-order valence-electron chi connectivity index (χ3n) is 4.50. The predicted molar refractivity (Wildman–Crippen MR) is 89.0 cm³/mol. The van der Waals surface area contributed by atoms with E-state index in [0.29, 0.717) is 30.9 Å². The summed E-state index contributed by atoms with van der Waals surface area (Å²) in [6, 6.07) is 7.52. The minimum absolute atomic E-state index is 0.118. The van der Waals surface area contributed by atoms with Crippen LogP contribution in [0.25, 0.3) is 5.69 Å². The third kappa shape index (κ3) is 4.23. The molecule has 1 N–H and O–H groups in total. The first-order chi connectivity index (χ1) is 12.0. The second-order valence-corrected chi connectivity index (χ2v) is 6.31. The number of carboxylic acid groups (broad SMARTS) is 1. The van der Waals surface area contributed by atoms with E-state index in [-0.39, 0.29) is 24.1 Å². The molecule has 132 valence electrons. The Kier molecular flexibility index (Phi) is 5.11. The zero-order valence-electron chi connectivity index (χ0n) is 13.8. The second kappa shape index (κ2) is 7.46. The van der Waals surface area contributed by atoms with E-state index < -0.39 is 5.97 Å². The zero-order chi connectivity index (χ0) is 17.8. The summed E-state index contributed by atoms with van der Waals surface area (Å²) in [6.07, 6.45) is 4.13. The first-order valence-electron chi connectivity index (χ1n) is 8.35. The van der Waals surface area contributed by atoms with Gasteiger partial charge in [-0.2, -0.15) is 5.10 Å². The Bertz CT molecular complexity index is 757. The van der Waals surface area contributed by atoms with Crippen LogP contribution in [0.2, 0.25) is 0 Å². The molecule has 1 aliphatic rings. The van der Waals surface area contributed by atoms with Gasteiger partial charge in [-0.3, -0.25) is 9.59 Å². The van der Waals surface area contributed by atoms with Crippen LogP contribution in [0.1, 0.15) is 36.2 Å². The summed E-state index contributed by atoms with van der Waals surface area (Å²) in [5, 5.41) is 13.2. The lowest BCUT2D eigenvalue weighted by Crippen LogP contribution is -2.32. The lowest BCUT2D eigenvalue weighted by Gasteiger charge is -2.19. The molecule has 0 spiro atoms. The lowest BCUT2D eigenvalue weighted by atomic mass is 9.97. The minimum atomic E-state index is -0.789. The molecule has 0 radical (unpaired) electrons. The number of nitrogens with zero attached hydrogens (tertiary/aromatic N) is 3. The molecule has 1 saturated heterocycles. The molecule has 25 heavy (non-hydrogen) atoms. The molecular formula is C18H20FN3O3. The van der Waals surface area contributed by atoms with Crippen molar-refractivity contribution in [3.05, 3.63) is 48.0 Å². The second-order valence-electron chi connectivity index (χ2n) is 6.31. The number of amides is 1. The van der Waals surface area contributed by atoms with Gasteiger partial charge in [0.2, 0.25) is 0 Å². The molecule has 1 aromatic carbocycles. The molecule has 1 fully saturated rings. The van der Waals surface area contributed by atoms with Crippen molar-refractivity contribution in [2.24, 2.45) is 5.92 Å². The van der Waals surface area contributed by atoms with Gasteiger partial charge in [-0.25, -0.2) is 9.07 Å². The molecule has 0 bridgehead atoms. The number of benzene rings is 1. The van der Waals surface area contributed by atoms with E-state index in [1.807, 2.05) is 0 Å². The lowest BCUT2D eigenvalue weighted by molar-refractivity contribution is -0.138. The highest BCUT2D eigenvalue weighted by molar-refractivity contribution is 5.92. The fourth-order valence-electron chi connectivity index (χ4n) is 3.16. The maximum atomic E-state index is 13.0. The van der Waals surface area contributed by atoms with Crippen molar-refractivity contribution < 1.29 is 19.1 Å². The van der Waals surface area contributed by atoms with Gasteiger partial charge in [0.15, 0.2) is 5.69 Å². The van der Waals surface area contributed by atoms with Crippen LogP contribution in [-0.2, 0) is 4.79 Å². The van der Waals surface area contributed by atoms with Crippen LogP contribution in [-0.4, -0.2) is 44.8 Å². The van der Waals surface area contributed by atoms with Crippen molar-refractivity contribution in [3.63, 3.8) is 0 Å². The van der Waals surface area contributed by atoms with Gasteiger partial charge in [0.05, 0.1) is 5.69 Å². The van der Waals surface area contributed by atoms with Gasteiger partial charge < -0.3 is 10.0 Å². The number of likely N-dealkylation sites (tertiary alicyclic amines) is 1. The first-order valence-corrected chi connectivity index (χ1v) is 8.35. The molecule has 2 aromatic rings. The number of carbonyl (C=O) groups is 2. The molecule has 6 nitrogen and oxygen atoms in total. The van der Waals surface area contributed by atoms with Crippen molar-refractivity contribution in [2.45, 2.75) is 25.7 Å². The van der Waals surface area contributed by atoms with Crippen molar-refractivity contribution in [2.75, 3.05) is 13.1 Å². The van der Waals surface area contributed by atoms with Crippen LogP contribution in [0.15, 0.2) is 36.5 Å². The van der Waals surface area contributed by atoms with E-state index >= 15 is 0 Å². The summed E-state index contributed by atoms with van der Waals surface area (Å²) in [7, 11) is 0. The SMILES string of the molecule is O=C(O)C[C@@H]1CCCN(C(=O)c2ccn(-c3ccc(F)cc3)n2)CC1. The summed E-state index contributed by atoms with van der Waals surface area (Å²) >= 11 is 0. The number of aromatic nitrogens is 2. The molecule has 1 aromatic heterocycles. The molecule has 0 saturated carbocycles. The maximum Gasteiger partial charge on any atom is 0.303 e. The van der Waals surface area contributed by atoms with Crippen LogP contribution < -0.4 is 0 Å². The van der Waals surface area contributed by atoms with Crippen LogP contribution in [0.4, 0.5) is 4.39 Å². The Morgan fingerprint density at radius 1 is 1.16 bits per heavy atom. The van der Waals surface area contributed by atoms with Gasteiger partial charge in [-0.1, -0.05) is 0 Å². The number of carbonyl (C=O) groups excluding carboxylic acids is 1. The van der Waals surface area contributed by atoms with Crippen LogP contribution in [0, 0.1) is 11.7 Å². The molecule has 3 rings (SSSR count). The van der Waals surface area contributed by atoms with E-state index in [0.717, 1.165) is 12.8 Å². The van der Waals surface area contributed by atoms with Gasteiger partial charge >= 0.3 is 5.97 Å². The van der Waals surface area contributed by atoms with E-state index in [9.17, 15) is 14.0 Å². The Labute approximate surface area is 144 Å². The standard InChI is InChI=1S/C18H20FN3O3/c19-14-3-5-15(6-4-14)22-11-8-16(20-22)18(25)21-9-1-2-13(7-10-21)12-17(23)24/h3-6,8,11,13H,1-2,7,9-10,12H2,(H,23,24)/t13-/m1/s1. The van der Waals surface area contributed by atoms with E-state index in [1.165, 1.54) is 16.8 Å². The van der Waals surface area contributed by atoms with Gasteiger partial charge in [0, 0.05) is 25.7 Å². The van der Waals surface area contributed by atoms with Crippen molar-refractivity contribution in [3.8, 4) is 5.69 Å². The molecular weight excluding hydrogens is 325 g/mol. The molecule has 0 unspecified atom stereocenters. The topological polar surface area (TPSA) is 75.4 Å². The third-order valence-corrected chi connectivity index (χ3v) is 4.50. The van der Waals surface area contributed by atoms with Gasteiger partial charge in [0.25, 0.3) is 5.91 Å². The summed E-state index contributed by atoms with van der Waals surface area (Å²) in [5.74, 6) is -1.15. The molecule has 1 amide bonds. The van der Waals surface area contributed by atoms with E-state index in [2.05, 4.69) is 5.10 Å². The van der Waals surface area contributed by atoms with Crippen LogP contribution >= 0.6 is 0 Å². The molecule has 1 atom stereocenters. The summed E-state index contributed by atoms with van der Waals surface area (Å²) in [5.41, 5.74) is 1.01. The van der Waals surface area contributed by atoms with Gasteiger partial charge in [-0.15, -0.1) is 0 Å². The Morgan fingerprint density at radius 3 is 2.64 bits per heavy atom. The Balaban J connectivity index is 1.67. The summed E-state index contributed by atoms with van der Waals surface area (Å²) in [6.45, 7) is 1.15. The largest absolute Gasteiger partial charge is 0.481 e. The number of carboxylic acids is 1. The van der Waals surface area contributed by atoms with E-state index in [4.69, 9.17) is 5.11 Å². The molecule has 7 heteroatoms. The van der Waals surface area contributed by atoms with Crippen molar-refractivity contribution >= 4 is 11.9 Å². The summed E-state index contributed by atoms with van der Waals surface area (Å²) in [4.78, 5) is 25.2. The van der Waals surface area contributed by atoms with Gasteiger partial charge in [-0.05, 0) is 55.5 Å². The van der Waals surface area contributed by atoms with Gasteiger partial charge in [0.1, 0.15) is 5.82 Å². The number of aliphatic carboxylic acids is 1. The number of hydrogen-bond donors (Lipinski definition) is 1. The normalized spacial score (nSPS) is 18.0. The fraction of sp³-hybridized carbons (Fsp3) is 0.389. The van der Waals surface area contributed by atoms with Crippen molar-refractivity contribution in [1.82, 2.24) is 14.7 Å². The highest BCUT2D eigenvalue weighted by Crippen LogP contribution is 2.21. The van der Waals surface area contributed by atoms with Crippen LogP contribution in [0.5, 0.6) is 0 Å². The maximum absolute atomic E-state index is 13.0. The Hall–Kier alpha value is -2.70. The number of rotatable bonds is 4. The molecule has 1 aliphatic heterocycles. The smallest absolute Gasteiger partial charge is 0.303 e.